The van der Waals surface area contributed by atoms with Gasteiger partial charge in [0.25, 0.3) is 0 Å². The molecule has 7 heteroatoms. The molecule has 2 aromatic heterocycles. The summed E-state index contributed by atoms with van der Waals surface area (Å²) < 4.78 is 4.78. The average molecular weight is 358 g/mol. The van der Waals surface area contributed by atoms with Gasteiger partial charge in [-0.3, -0.25) is 9.78 Å². The lowest BCUT2D eigenvalue weighted by Gasteiger charge is -2.27. The second-order valence-electron chi connectivity index (χ2n) is 6.18. The highest BCUT2D eigenvalue weighted by molar-refractivity contribution is 7.80. The molecule has 0 unspecified atom stereocenters. The first kappa shape index (κ1) is 17.4. The predicted molar refractivity (Wildman–Crippen MR) is 99.1 cm³/mol. The summed E-state index contributed by atoms with van der Waals surface area (Å²) in [5.74, 6) is -0.246. The van der Waals surface area contributed by atoms with Crippen molar-refractivity contribution >= 4 is 23.3 Å². The lowest BCUT2D eigenvalue weighted by Crippen LogP contribution is -2.32. The SMILES string of the molecule is COC(=O)CCN1C(=S)N[C@H](c2ccccn2)[C@H]1c1cc(C)[nH]c1C. The molecule has 1 saturated heterocycles. The average Bonchev–Trinajstić information content (AvgIpc) is 3.11. The van der Waals surface area contributed by atoms with Crippen molar-refractivity contribution in [2.45, 2.75) is 32.4 Å². The molecular formula is C18H22N4O2S. The van der Waals surface area contributed by atoms with Gasteiger partial charge >= 0.3 is 5.97 Å². The highest BCUT2D eigenvalue weighted by Gasteiger charge is 2.40. The van der Waals surface area contributed by atoms with Crippen molar-refractivity contribution in [3.63, 3.8) is 0 Å². The number of hydrogen-bond acceptors (Lipinski definition) is 4. The van der Waals surface area contributed by atoms with Crippen molar-refractivity contribution in [3.8, 4) is 0 Å². The van der Waals surface area contributed by atoms with Gasteiger partial charge < -0.3 is 19.9 Å². The first-order chi connectivity index (χ1) is 12.0. The molecule has 1 aliphatic rings. The van der Waals surface area contributed by atoms with E-state index in [-0.39, 0.29) is 24.5 Å². The number of carbonyl (C=O) groups is 1. The van der Waals surface area contributed by atoms with Crippen LogP contribution in [0.3, 0.4) is 0 Å². The molecule has 3 heterocycles. The Hall–Kier alpha value is -2.41. The monoisotopic (exact) mass is 358 g/mol. The molecule has 3 rings (SSSR count). The third-order valence-electron chi connectivity index (χ3n) is 4.49. The van der Waals surface area contributed by atoms with Crippen LogP contribution in [-0.4, -0.2) is 39.6 Å². The number of aryl methyl sites for hydroxylation is 2. The Morgan fingerprint density at radius 2 is 2.20 bits per heavy atom. The van der Waals surface area contributed by atoms with Crippen LogP contribution in [0.25, 0.3) is 0 Å². The van der Waals surface area contributed by atoms with E-state index in [1.54, 1.807) is 6.20 Å². The lowest BCUT2D eigenvalue weighted by atomic mass is 9.96. The van der Waals surface area contributed by atoms with Gasteiger partial charge in [-0.2, -0.15) is 0 Å². The fourth-order valence-electron chi connectivity index (χ4n) is 3.35. The Kier molecular flexibility index (Phi) is 5.03. The Morgan fingerprint density at radius 3 is 2.80 bits per heavy atom. The number of nitrogens with zero attached hydrogens (tertiary/aromatic N) is 2. The Morgan fingerprint density at radius 1 is 1.40 bits per heavy atom. The van der Waals surface area contributed by atoms with Gasteiger partial charge in [0, 0.05) is 24.1 Å². The van der Waals surface area contributed by atoms with E-state index in [1.807, 2.05) is 25.1 Å². The van der Waals surface area contributed by atoms with Crippen molar-refractivity contribution in [2.75, 3.05) is 13.7 Å². The van der Waals surface area contributed by atoms with Gasteiger partial charge in [0.1, 0.15) is 0 Å². The maximum absolute atomic E-state index is 11.6. The maximum atomic E-state index is 11.6. The number of carbonyl (C=O) groups excluding carboxylic acids is 1. The van der Waals surface area contributed by atoms with Gasteiger partial charge in [0.05, 0.1) is 31.3 Å². The minimum absolute atomic E-state index is 0.0305. The first-order valence-corrected chi connectivity index (χ1v) is 8.63. The molecule has 0 aliphatic carbocycles. The van der Waals surface area contributed by atoms with E-state index in [0.29, 0.717) is 11.7 Å². The van der Waals surface area contributed by atoms with Crippen LogP contribution in [0, 0.1) is 13.8 Å². The minimum Gasteiger partial charge on any atom is -0.469 e. The van der Waals surface area contributed by atoms with E-state index in [2.05, 4.69) is 33.2 Å². The molecule has 0 saturated carbocycles. The van der Waals surface area contributed by atoms with Crippen LogP contribution in [0.5, 0.6) is 0 Å². The number of hydrogen-bond donors (Lipinski definition) is 2. The van der Waals surface area contributed by atoms with E-state index in [9.17, 15) is 4.79 Å². The number of aromatic nitrogens is 2. The summed E-state index contributed by atoms with van der Waals surface area (Å²) in [4.78, 5) is 21.5. The van der Waals surface area contributed by atoms with Gasteiger partial charge in [-0.15, -0.1) is 0 Å². The first-order valence-electron chi connectivity index (χ1n) is 8.22. The summed E-state index contributed by atoms with van der Waals surface area (Å²) in [5.41, 5.74) is 4.27. The van der Waals surface area contributed by atoms with E-state index < -0.39 is 0 Å². The lowest BCUT2D eigenvalue weighted by molar-refractivity contribution is -0.140. The van der Waals surface area contributed by atoms with Crippen molar-refractivity contribution < 1.29 is 9.53 Å². The van der Waals surface area contributed by atoms with Gasteiger partial charge in [-0.05, 0) is 49.8 Å². The van der Waals surface area contributed by atoms with Crippen LogP contribution < -0.4 is 5.32 Å². The molecular weight excluding hydrogens is 336 g/mol. The van der Waals surface area contributed by atoms with Crippen molar-refractivity contribution in [1.82, 2.24) is 20.2 Å². The molecule has 1 aliphatic heterocycles. The molecule has 0 amide bonds. The van der Waals surface area contributed by atoms with Gasteiger partial charge in [0.2, 0.25) is 0 Å². The quantitative estimate of drug-likeness (QED) is 0.632. The fraction of sp³-hybridized carbons (Fsp3) is 0.389. The maximum Gasteiger partial charge on any atom is 0.307 e. The number of thiocarbonyl (C=S) groups is 1. The molecule has 2 N–H and O–H groups in total. The second-order valence-corrected chi connectivity index (χ2v) is 6.57. The molecule has 0 spiro atoms. The normalized spacial score (nSPS) is 19.8. The Labute approximate surface area is 152 Å². The van der Waals surface area contributed by atoms with Crippen molar-refractivity contribution in [1.29, 1.82) is 0 Å². The van der Waals surface area contributed by atoms with Gasteiger partial charge in [-0.1, -0.05) is 6.07 Å². The molecule has 2 atom stereocenters. The highest BCUT2D eigenvalue weighted by Crippen LogP contribution is 2.40. The van der Waals surface area contributed by atoms with Gasteiger partial charge in [0.15, 0.2) is 5.11 Å². The summed E-state index contributed by atoms with van der Waals surface area (Å²) in [5, 5.41) is 4.00. The number of ether oxygens (including phenoxy) is 1. The number of nitrogens with one attached hydrogen (secondary N) is 2. The van der Waals surface area contributed by atoms with Crippen LogP contribution in [-0.2, 0) is 9.53 Å². The van der Waals surface area contributed by atoms with Gasteiger partial charge in [-0.25, -0.2) is 0 Å². The molecule has 0 bridgehead atoms. The summed E-state index contributed by atoms with van der Waals surface area (Å²) in [6.07, 6.45) is 2.07. The largest absolute Gasteiger partial charge is 0.469 e. The molecule has 2 aromatic rings. The molecule has 1 fully saturated rings. The van der Waals surface area contributed by atoms with Crippen LogP contribution in [0.2, 0.25) is 0 Å². The second kappa shape index (κ2) is 7.23. The fourth-order valence-corrected chi connectivity index (χ4v) is 3.68. The van der Waals surface area contributed by atoms with Crippen LogP contribution >= 0.6 is 12.2 Å². The summed E-state index contributed by atoms with van der Waals surface area (Å²) in [6.45, 7) is 4.58. The van der Waals surface area contributed by atoms with Crippen LogP contribution in [0.4, 0.5) is 0 Å². The minimum atomic E-state index is -0.246. The van der Waals surface area contributed by atoms with Crippen LogP contribution in [0.1, 0.15) is 41.1 Å². The van der Waals surface area contributed by atoms with Crippen molar-refractivity contribution in [3.05, 3.63) is 53.1 Å². The molecule has 0 aromatic carbocycles. The zero-order chi connectivity index (χ0) is 18.0. The van der Waals surface area contributed by atoms with Crippen LogP contribution in [0.15, 0.2) is 30.5 Å². The summed E-state index contributed by atoms with van der Waals surface area (Å²) >= 11 is 5.56. The molecule has 132 valence electrons. The summed E-state index contributed by atoms with van der Waals surface area (Å²) in [6, 6.07) is 7.89. The number of methoxy groups -OCH3 is 1. The number of H-pyrrole nitrogens is 1. The van der Waals surface area contributed by atoms with E-state index in [0.717, 1.165) is 22.6 Å². The number of rotatable bonds is 5. The van der Waals surface area contributed by atoms with E-state index in [1.165, 1.54) is 7.11 Å². The van der Waals surface area contributed by atoms with E-state index in [4.69, 9.17) is 17.0 Å². The zero-order valence-electron chi connectivity index (χ0n) is 14.6. The Bertz CT molecular complexity index is 775. The number of pyridine rings is 1. The standard InChI is InChI=1S/C18H22N4O2S/c1-11-10-13(12(2)20-11)17-16(14-6-4-5-8-19-14)21-18(25)22(17)9-7-15(23)24-3/h4-6,8,10,16-17,20H,7,9H2,1-3H3,(H,21,25)/t16-,17-/m1/s1. The highest BCUT2D eigenvalue weighted by atomic mass is 32.1. The molecule has 0 radical (unpaired) electrons. The third-order valence-corrected chi connectivity index (χ3v) is 4.84. The third kappa shape index (κ3) is 3.51. The number of aromatic amines is 1. The predicted octanol–water partition coefficient (Wildman–Crippen LogP) is 2.56. The zero-order valence-corrected chi connectivity index (χ0v) is 15.4. The summed E-state index contributed by atoms with van der Waals surface area (Å²) in [7, 11) is 1.40. The molecule has 25 heavy (non-hydrogen) atoms. The number of esters is 1. The molecule has 6 nitrogen and oxygen atoms in total. The smallest absolute Gasteiger partial charge is 0.307 e. The van der Waals surface area contributed by atoms with Crippen molar-refractivity contribution in [2.24, 2.45) is 0 Å². The Balaban J connectivity index is 1.97. The van der Waals surface area contributed by atoms with E-state index >= 15 is 0 Å². The topological polar surface area (TPSA) is 70.2 Å².